The van der Waals surface area contributed by atoms with Gasteiger partial charge >= 0.3 is 0 Å². The normalized spacial score (nSPS) is 20.9. The lowest BCUT2D eigenvalue weighted by Gasteiger charge is -2.19. The van der Waals surface area contributed by atoms with Crippen LogP contribution in [0.5, 0.6) is 0 Å². The summed E-state index contributed by atoms with van der Waals surface area (Å²) in [6.45, 7) is 6.06. The molecule has 0 saturated carbocycles. The van der Waals surface area contributed by atoms with Crippen molar-refractivity contribution >= 4 is 5.91 Å². The van der Waals surface area contributed by atoms with E-state index in [1.165, 1.54) is 0 Å². The Morgan fingerprint density at radius 2 is 2.00 bits per heavy atom. The Morgan fingerprint density at radius 1 is 1.25 bits per heavy atom. The van der Waals surface area contributed by atoms with E-state index < -0.39 is 0 Å². The summed E-state index contributed by atoms with van der Waals surface area (Å²) in [6, 6.07) is 0. The summed E-state index contributed by atoms with van der Waals surface area (Å²) in [5.41, 5.74) is 0. The van der Waals surface area contributed by atoms with Crippen LogP contribution in [0.25, 0.3) is 0 Å². The van der Waals surface area contributed by atoms with Gasteiger partial charge in [0.25, 0.3) is 0 Å². The summed E-state index contributed by atoms with van der Waals surface area (Å²) in [5, 5.41) is 6.44. The highest BCUT2D eigenvalue weighted by Crippen LogP contribution is 1.92. The molecule has 1 saturated heterocycles. The molecule has 1 aliphatic rings. The molecule has 0 atom stereocenters. The van der Waals surface area contributed by atoms with Crippen LogP contribution in [0.1, 0.15) is 13.3 Å². The predicted octanol–water partition coefficient (Wildman–Crippen LogP) is -0.625. The first kappa shape index (κ1) is 9.48. The van der Waals surface area contributed by atoms with Gasteiger partial charge in [0, 0.05) is 33.2 Å². The molecule has 4 heteroatoms. The first-order valence-corrected chi connectivity index (χ1v) is 4.47. The van der Waals surface area contributed by atoms with Gasteiger partial charge in [-0.1, -0.05) is 0 Å². The van der Waals surface area contributed by atoms with Gasteiger partial charge in [0.1, 0.15) is 0 Å². The molecule has 0 aliphatic carbocycles. The maximum Gasteiger partial charge on any atom is 0.219 e. The fraction of sp³-hybridized carbons (Fsp3) is 0.875. The minimum absolute atomic E-state index is 0.179. The van der Waals surface area contributed by atoms with Crippen LogP contribution in [-0.4, -0.2) is 43.7 Å². The van der Waals surface area contributed by atoms with Gasteiger partial charge in [-0.25, -0.2) is 0 Å². The van der Waals surface area contributed by atoms with Gasteiger partial charge in [-0.05, 0) is 13.0 Å². The number of nitrogens with zero attached hydrogens (tertiary/aromatic N) is 1. The van der Waals surface area contributed by atoms with Crippen molar-refractivity contribution in [2.24, 2.45) is 0 Å². The molecule has 1 heterocycles. The molecule has 1 rings (SSSR count). The van der Waals surface area contributed by atoms with E-state index in [0.717, 1.165) is 39.3 Å². The fourth-order valence-corrected chi connectivity index (χ4v) is 1.30. The van der Waals surface area contributed by atoms with Crippen molar-refractivity contribution in [3.63, 3.8) is 0 Å². The summed E-state index contributed by atoms with van der Waals surface area (Å²) in [7, 11) is 0. The van der Waals surface area contributed by atoms with E-state index in [9.17, 15) is 4.79 Å². The smallest absolute Gasteiger partial charge is 0.219 e. The third kappa shape index (κ3) is 3.19. The van der Waals surface area contributed by atoms with Gasteiger partial charge < -0.3 is 15.5 Å². The third-order valence-electron chi connectivity index (χ3n) is 2.04. The van der Waals surface area contributed by atoms with Gasteiger partial charge in [-0.15, -0.1) is 0 Å². The van der Waals surface area contributed by atoms with Crippen LogP contribution in [0.15, 0.2) is 0 Å². The van der Waals surface area contributed by atoms with E-state index in [2.05, 4.69) is 10.6 Å². The number of amides is 1. The van der Waals surface area contributed by atoms with Crippen molar-refractivity contribution in [2.75, 3.05) is 32.8 Å². The van der Waals surface area contributed by atoms with Crippen molar-refractivity contribution in [3.05, 3.63) is 0 Å². The monoisotopic (exact) mass is 171 g/mol. The zero-order chi connectivity index (χ0) is 8.81. The van der Waals surface area contributed by atoms with Crippen molar-refractivity contribution in [1.29, 1.82) is 0 Å². The maximum atomic E-state index is 11.1. The molecule has 0 aromatic rings. The van der Waals surface area contributed by atoms with Crippen LogP contribution < -0.4 is 10.6 Å². The van der Waals surface area contributed by atoms with Crippen molar-refractivity contribution in [2.45, 2.75) is 13.3 Å². The van der Waals surface area contributed by atoms with E-state index in [1.807, 2.05) is 4.90 Å². The molecular formula is C8H17N3O. The van der Waals surface area contributed by atoms with E-state index in [1.54, 1.807) is 6.92 Å². The second-order valence-corrected chi connectivity index (χ2v) is 3.04. The Bertz CT molecular complexity index is 139. The first-order chi connectivity index (χ1) is 5.80. The lowest BCUT2D eigenvalue weighted by Crippen LogP contribution is -2.36. The van der Waals surface area contributed by atoms with Crippen molar-refractivity contribution in [3.8, 4) is 0 Å². The Kier molecular flexibility index (Phi) is 4.04. The number of nitrogens with one attached hydrogen (secondary N) is 2. The molecule has 2 N–H and O–H groups in total. The number of carbonyl (C=O) groups excluding carboxylic acids is 1. The Hall–Kier alpha value is -0.610. The molecule has 0 radical (unpaired) electrons. The Balaban J connectivity index is 2.33. The highest BCUT2D eigenvalue weighted by molar-refractivity contribution is 5.73. The van der Waals surface area contributed by atoms with E-state index in [0.29, 0.717) is 0 Å². The van der Waals surface area contributed by atoms with E-state index in [-0.39, 0.29) is 5.91 Å². The molecule has 0 bridgehead atoms. The highest BCUT2D eigenvalue weighted by atomic mass is 16.2. The average Bonchev–Trinajstić information content (AvgIpc) is 2.15. The third-order valence-corrected chi connectivity index (χ3v) is 2.04. The van der Waals surface area contributed by atoms with Crippen molar-refractivity contribution in [1.82, 2.24) is 15.5 Å². The highest BCUT2D eigenvalue weighted by Gasteiger charge is 2.08. The number of hydrogen-bond donors (Lipinski definition) is 2. The predicted molar refractivity (Wildman–Crippen MR) is 47.7 cm³/mol. The first-order valence-electron chi connectivity index (χ1n) is 4.47. The van der Waals surface area contributed by atoms with E-state index >= 15 is 0 Å². The van der Waals surface area contributed by atoms with Crippen LogP contribution in [0.4, 0.5) is 0 Å². The molecule has 0 aromatic heterocycles. The topological polar surface area (TPSA) is 44.4 Å². The second kappa shape index (κ2) is 5.11. The molecule has 12 heavy (non-hydrogen) atoms. The van der Waals surface area contributed by atoms with Crippen molar-refractivity contribution < 1.29 is 4.79 Å². The molecule has 0 unspecified atom stereocenters. The lowest BCUT2D eigenvalue weighted by molar-refractivity contribution is -0.128. The molecule has 1 fully saturated rings. The summed E-state index contributed by atoms with van der Waals surface area (Å²) in [4.78, 5) is 12.9. The summed E-state index contributed by atoms with van der Waals surface area (Å²) in [5.74, 6) is 0.179. The lowest BCUT2D eigenvalue weighted by atomic mass is 10.3. The Labute approximate surface area is 73.3 Å². The summed E-state index contributed by atoms with van der Waals surface area (Å²) in [6.07, 6.45) is 1.04. The number of carbonyl (C=O) groups is 1. The zero-order valence-electron chi connectivity index (χ0n) is 7.60. The van der Waals surface area contributed by atoms with Crippen LogP contribution in [0.3, 0.4) is 0 Å². The van der Waals surface area contributed by atoms with Crippen LogP contribution in [0.2, 0.25) is 0 Å². The van der Waals surface area contributed by atoms with Gasteiger partial charge in [0.15, 0.2) is 0 Å². The van der Waals surface area contributed by atoms with Gasteiger partial charge in [-0.2, -0.15) is 0 Å². The summed E-state index contributed by atoms with van der Waals surface area (Å²) >= 11 is 0. The molecule has 4 nitrogen and oxygen atoms in total. The zero-order valence-corrected chi connectivity index (χ0v) is 7.60. The maximum absolute atomic E-state index is 11.1. The average molecular weight is 171 g/mol. The van der Waals surface area contributed by atoms with Gasteiger partial charge in [0.05, 0.1) is 0 Å². The Morgan fingerprint density at radius 3 is 2.75 bits per heavy atom. The van der Waals surface area contributed by atoms with Crippen LogP contribution in [-0.2, 0) is 4.79 Å². The fourth-order valence-electron chi connectivity index (χ4n) is 1.30. The molecular weight excluding hydrogens is 154 g/mol. The van der Waals surface area contributed by atoms with Gasteiger partial charge in [-0.3, -0.25) is 4.79 Å². The largest absolute Gasteiger partial charge is 0.342 e. The number of hydrogen-bond acceptors (Lipinski definition) is 3. The van der Waals surface area contributed by atoms with Crippen LogP contribution in [0, 0.1) is 0 Å². The quantitative estimate of drug-likeness (QED) is 0.510. The van der Waals surface area contributed by atoms with Gasteiger partial charge in [0.2, 0.25) is 5.91 Å². The summed E-state index contributed by atoms with van der Waals surface area (Å²) < 4.78 is 0. The van der Waals surface area contributed by atoms with Crippen LogP contribution >= 0.6 is 0 Å². The molecule has 1 aliphatic heterocycles. The molecule has 70 valence electrons. The van der Waals surface area contributed by atoms with E-state index in [4.69, 9.17) is 0 Å². The minimum Gasteiger partial charge on any atom is -0.342 e. The SMILES string of the molecule is CC(=O)N1CCCNCNCC1. The number of rotatable bonds is 0. The minimum atomic E-state index is 0.179. The molecule has 0 aromatic carbocycles. The second-order valence-electron chi connectivity index (χ2n) is 3.04. The molecule has 0 spiro atoms. The molecule has 1 amide bonds. The standard InChI is InChI=1S/C8H17N3O/c1-8(12)11-5-2-3-9-7-10-4-6-11/h9-10H,2-7H2,1H3.